The van der Waals surface area contributed by atoms with Gasteiger partial charge in [-0.1, -0.05) is 0 Å². The van der Waals surface area contributed by atoms with E-state index in [0.29, 0.717) is 0 Å². The zero-order valence-corrected chi connectivity index (χ0v) is 11.4. The molecule has 0 bridgehead atoms. The first-order chi connectivity index (χ1) is 9.20. The van der Waals surface area contributed by atoms with Crippen LogP contribution in [0.4, 0.5) is 0 Å². The second-order valence-corrected chi connectivity index (χ2v) is 4.49. The molecule has 0 N–H and O–H groups in total. The molecule has 0 aromatic carbocycles. The van der Waals surface area contributed by atoms with Gasteiger partial charge in [-0.3, -0.25) is 4.98 Å². The molecule has 3 aromatic heterocycles. The van der Waals surface area contributed by atoms with E-state index in [1.165, 1.54) is 0 Å². The van der Waals surface area contributed by atoms with Crippen molar-refractivity contribution in [1.29, 1.82) is 0 Å². The molecule has 0 amide bonds. The molecule has 6 heteroatoms. The summed E-state index contributed by atoms with van der Waals surface area (Å²) in [5.74, 6) is 0.907. The van der Waals surface area contributed by atoms with Crippen LogP contribution in [-0.4, -0.2) is 24.5 Å². The maximum absolute atomic E-state index is 6.03. The standard InChI is InChI=1S/C13H12ClN5/c1-3-19-8(2)16-11-10(9-4-6-15-7-5-9)17-13(14)18-12(11)19/h4-7H,3H2,1-2H3. The maximum atomic E-state index is 6.03. The molecule has 0 fully saturated rings. The van der Waals surface area contributed by atoms with Crippen molar-refractivity contribution >= 4 is 22.8 Å². The van der Waals surface area contributed by atoms with Crippen LogP contribution in [0, 0.1) is 6.92 Å². The monoisotopic (exact) mass is 273 g/mol. The second kappa shape index (κ2) is 4.59. The van der Waals surface area contributed by atoms with E-state index in [4.69, 9.17) is 11.6 Å². The number of hydrogen-bond donors (Lipinski definition) is 0. The average molecular weight is 274 g/mol. The van der Waals surface area contributed by atoms with Gasteiger partial charge in [0.05, 0.1) is 0 Å². The van der Waals surface area contributed by atoms with Crippen molar-refractivity contribution in [3.8, 4) is 11.3 Å². The minimum atomic E-state index is 0.230. The molecule has 0 atom stereocenters. The second-order valence-electron chi connectivity index (χ2n) is 4.15. The van der Waals surface area contributed by atoms with E-state index in [-0.39, 0.29) is 5.28 Å². The Morgan fingerprint density at radius 2 is 1.89 bits per heavy atom. The van der Waals surface area contributed by atoms with Crippen LogP contribution in [0.2, 0.25) is 5.28 Å². The molecule has 5 nitrogen and oxygen atoms in total. The van der Waals surface area contributed by atoms with Gasteiger partial charge in [-0.2, -0.15) is 4.98 Å². The molecule has 0 saturated heterocycles. The summed E-state index contributed by atoms with van der Waals surface area (Å²) in [4.78, 5) is 17.2. The lowest BCUT2D eigenvalue weighted by Gasteiger charge is -2.04. The van der Waals surface area contributed by atoms with Crippen LogP contribution >= 0.6 is 11.6 Å². The number of fused-ring (bicyclic) bond motifs is 1. The third-order valence-corrected chi connectivity index (χ3v) is 3.20. The largest absolute Gasteiger partial charge is 0.313 e. The van der Waals surface area contributed by atoms with Gasteiger partial charge in [0.2, 0.25) is 5.28 Å². The Hall–Kier alpha value is -2.01. The normalized spacial score (nSPS) is 11.1. The van der Waals surface area contributed by atoms with Crippen molar-refractivity contribution in [2.24, 2.45) is 0 Å². The molecule has 0 aliphatic rings. The highest BCUT2D eigenvalue weighted by Crippen LogP contribution is 2.26. The molecule has 3 rings (SSSR count). The van der Waals surface area contributed by atoms with Crippen LogP contribution in [0.3, 0.4) is 0 Å². The first-order valence-corrected chi connectivity index (χ1v) is 6.39. The molecule has 0 saturated carbocycles. The highest BCUT2D eigenvalue weighted by atomic mass is 35.5. The summed E-state index contributed by atoms with van der Waals surface area (Å²) in [5.41, 5.74) is 3.22. The van der Waals surface area contributed by atoms with Crippen LogP contribution in [0.5, 0.6) is 0 Å². The third-order valence-electron chi connectivity index (χ3n) is 3.03. The summed E-state index contributed by atoms with van der Waals surface area (Å²) in [6, 6.07) is 3.77. The quantitative estimate of drug-likeness (QED) is 0.674. The Labute approximate surface area is 115 Å². The molecular weight excluding hydrogens is 262 g/mol. The summed E-state index contributed by atoms with van der Waals surface area (Å²) in [6.07, 6.45) is 3.45. The summed E-state index contributed by atoms with van der Waals surface area (Å²) >= 11 is 6.03. The summed E-state index contributed by atoms with van der Waals surface area (Å²) in [7, 11) is 0. The molecule has 3 aromatic rings. The van der Waals surface area contributed by atoms with Gasteiger partial charge in [0.25, 0.3) is 0 Å². The lowest BCUT2D eigenvalue weighted by Crippen LogP contribution is -1.99. The zero-order valence-electron chi connectivity index (χ0n) is 10.6. The van der Waals surface area contributed by atoms with Crippen LogP contribution in [0.1, 0.15) is 12.7 Å². The number of rotatable bonds is 2. The highest BCUT2D eigenvalue weighted by Gasteiger charge is 2.15. The van der Waals surface area contributed by atoms with Gasteiger partial charge >= 0.3 is 0 Å². The van der Waals surface area contributed by atoms with Crippen molar-refractivity contribution in [3.63, 3.8) is 0 Å². The number of pyridine rings is 1. The van der Waals surface area contributed by atoms with Crippen LogP contribution < -0.4 is 0 Å². The Bertz CT molecular complexity index is 736. The van der Waals surface area contributed by atoms with Gasteiger partial charge in [-0.15, -0.1) is 0 Å². The van der Waals surface area contributed by atoms with Crippen molar-refractivity contribution < 1.29 is 0 Å². The molecule has 0 unspecified atom stereocenters. The zero-order chi connectivity index (χ0) is 13.4. The average Bonchev–Trinajstić information content (AvgIpc) is 2.74. The van der Waals surface area contributed by atoms with Gasteiger partial charge in [0.1, 0.15) is 17.0 Å². The molecule has 3 heterocycles. The molecule has 0 spiro atoms. The predicted molar refractivity (Wildman–Crippen MR) is 74.0 cm³/mol. The van der Waals surface area contributed by atoms with E-state index in [1.807, 2.05) is 23.6 Å². The van der Waals surface area contributed by atoms with Crippen molar-refractivity contribution in [2.75, 3.05) is 0 Å². The Morgan fingerprint density at radius 1 is 1.16 bits per heavy atom. The SMILES string of the molecule is CCn1c(C)nc2c(-c3ccncc3)nc(Cl)nc21. The Kier molecular flexibility index (Phi) is 2.91. The van der Waals surface area contributed by atoms with E-state index in [2.05, 4.69) is 26.9 Å². The van der Waals surface area contributed by atoms with E-state index < -0.39 is 0 Å². The van der Waals surface area contributed by atoms with Crippen LogP contribution in [0.15, 0.2) is 24.5 Å². The van der Waals surface area contributed by atoms with Crippen molar-refractivity contribution in [1.82, 2.24) is 24.5 Å². The highest BCUT2D eigenvalue weighted by molar-refractivity contribution is 6.28. The predicted octanol–water partition coefficient (Wildman–Crippen LogP) is 2.87. The minimum absolute atomic E-state index is 0.230. The number of hydrogen-bond acceptors (Lipinski definition) is 4. The van der Waals surface area contributed by atoms with E-state index in [9.17, 15) is 0 Å². The minimum Gasteiger partial charge on any atom is -0.313 e. The molecular formula is C13H12ClN5. The number of nitrogens with zero attached hydrogens (tertiary/aromatic N) is 5. The summed E-state index contributed by atoms with van der Waals surface area (Å²) in [6.45, 7) is 4.80. The molecule has 0 aliphatic carbocycles. The number of aryl methyl sites for hydroxylation is 2. The number of aromatic nitrogens is 5. The molecule has 19 heavy (non-hydrogen) atoms. The van der Waals surface area contributed by atoms with Gasteiger partial charge in [-0.05, 0) is 37.6 Å². The smallest absolute Gasteiger partial charge is 0.225 e. The van der Waals surface area contributed by atoms with Gasteiger partial charge in [0, 0.05) is 24.5 Å². The van der Waals surface area contributed by atoms with Gasteiger partial charge < -0.3 is 4.57 Å². The first-order valence-electron chi connectivity index (χ1n) is 6.01. The molecule has 0 aliphatic heterocycles. The fourth-order valence-electron chi connectivity index (χ4n) is 2.17. The number of halogens is 1. The van der Waals surface area contributed by atoms with Crippen LogP contribution in [0.25, 0.3) is 22.4 Å². The lowest BCUT2D eigenvalue weighted by atomic mass is 10.2. The van der Waals surface area contributed by atoms with Gasteiger partial charge in [0.15, 0.2) is 5.65 Å². The molecule has 96 valence electrons. The fourth-order valence-corrected chi connectivity index (χ4v) is 2.34. The van der Waals surface area contributed by atoms with Crippen LogP contribution in [-0.2, 0) is 6.54 Å². The number of imidazole rings is 1. The van der Waals surface area contributed by atoms with E-state index in [1.54, 1.807) is 12.4 Å². The van der Waals surface area contributed by atoms with Crippen molar-refractivity contribution in [3.05, 3.63) is 35.6 Å². The Balaban J connectivity index is 2.37. The molecule has 0 radical (unpaired) electrons. The lowest BCUT2D eigenvalue weighted by molar-refractivity contribution is 0.745. The fraction of sp³-hybridized carbons (Fsp3) is 0.231. The summed E-state index contributed by atoms with van der Waals surface area (Å²) in [5, 5.41) is 0.230. The van der Waals surface area contributed by atoms with Crippen molar-refractivity contribution in [2.45, 2.75) is 20.4 Å². The maximum Gasteiger partial charge on any atom is 0.225 e. The van der Waals surface area contributed by atoms with E-state index >= 15 is 0 Å². The first kappa shape index (κ1) is 12.0. The Morgan fingerprint density at radius 3 is 2.58 bits per heavy atom. The topological polar surface area (TPSA) is 56.5 Å². The third kappa shape index (κ3) is 1.96. The van der Waals surface area contributed by atoms with E-state index in [0.717, 1.165) is 34.8 Å². The van der Waals surface area contributed by atoms with Gasteiger partial charge in [-0.25, -0.2) is 9.97 Å². The summed E-state index contributed by atoms with van der Waals surface area (Å²) < 4.78 is 2.02.